The number of nitrogens with one attached hydrogen (secondary N) is 6. The molecule has 2 atom stereocenters. The van der Waals surface area contributed by atoms with E-state index in [-0.39, 0.29) is 30.5 Å². The number of aliphatic hydroxyl groups is 1. The summed E-state index contributed by atoms with van der Waals surface area (Å²) in [5.41, 5.74) is 8.90. The van der Waals surface area contributed by atoms with Crippen molar-refractivity contribution in [2.75, 3.05) is 100 Å². The van der Waals surface area contributed by atoms with Gasteiger partial charge in [-0.2, -0.15) is 5.10 Å². The van der Waals surface area contributed by atoms with Gasteiger partial charge in [-0.25, -0.2) is 29.9 Å². The molecule has 10 heterocycles. The Bertz CT molecular complexity index is 3400. The van der Waals surface area contributed by atoms with Crippen molar-refractivity contribution >= 4 is 68.5 Å². The molecule has 2 unspecified atom stereocenters. The van der Waals surface area contributed by atoms with Gasteiger partial charge in [0, 0.05) is 137 Å². The van der Waals surface area contributed by atoms with E-state index < -0.39 is 0 Å². The lowest BCUT2D eigenvalue weighted by Gasteiger charge is -2.38. The van der Waals surface area contributed by atoms with Crippen molar-refractivity contribution in [2.24, 2.45) is 0 Å². The molecule has 79 heavy (non-hydrogen) atoms. The Balaban J connectivity index is 0.740. The highest BCUT2D eigenvalue weighted by Crippen LogP contribution is 2.35. The van der Waals surface area contributed by atoms with Gasteiger partial charge in [0.1, 0.15) is 5.69 Å². The molecule has 0 bridgehead atoms. The molecule has 24 nitrogen and oxygen atoms in total. The van der Waals surface area contributed by atoms with Crippen LogP contribution < -0.4 is 26.0 Å². The summed E-state index contributed by atoms with van der Waals surface area (Å²) in [6.07, 6.45) is 16.8. The van der Waals surface area contributed by atoms with Crippen LogP contribution in [0, 0.1) is 13.8 Å². The van der Waals surface area contributed by atoms with E-state index in [2.05, 4.69) is 89.7 Å². The number of fused-ring (bicyclic) bond motifs is 2. The Morgan fingerprint density at radius 3 is 1.65 bits per heavy atom. The highest BCUT2D eigenvalue weighted by molar-refractivity contribution is 6.06. The second kappa shape index (κ2) is 24.4. The highest BCUT2D eigenvalue weighted by Gasteiger charge is 2.31. The van der Waals surface area contributed by atoms with E-state index in [9.17, 15) is 14.7 Å². The number of methoxy groups -OCH3 is 1. The van der Waals surface area contributed by atoms with Gasteiger partial charge in [0.25, 0.3) is 5.88 Å². The molecular formula is C55H72N20O4. The monoisotopic (exact) mass is 1080 g/mol. The van der Waals surface area contributed by atoms with Crippen LogP contribution in [0.15, 0.2) is 61.7 Å². The number of pyridine rings is 2. The summed E-state index contributed by atoms with van der Waals surface area (Å²) in [4.78, 5) is 71.8. The molecule has 8 aromatic heterocycles. The largest absolute Gasteiger partial charge is 0.478 e. The van der Waals surface area contributed by atoms with Gasteiger partial charge in [-0.3, -0.25) is 38.6 Å². The molecule has 2 amide bonds. The molecule has 0 radical (unpaired) electrons. The number of carbonyl (C=O) groups is 2. The zero-order valence-corrected chi connectivity index (χ0v) is 46.2. The molecule has 0 spiro atoms. The fraction of sp³-hybridized carbons (Fsp3) is 0.455. The van der Waals surface area contributed by atoms with E-state index in [4.69, 9.17) is 19.8 Å². The fourth-order valence-corrected chi connectivity index (χ4v) is 10.8. The van der Waals surface area contributed by atoms with Crippen molar-refractivity contribution < 1.29 is 19.4 Å². The van der Waals surface area contributed by atoms with Crippen LogP contribution in [0.3, 0.4) is 0 Å². The summed E-state index contributed by atoms with van der Waals surface area (Å²) < 4.78 is 9.48. The maximum Gasteiger partial charge on any atom is 0.256 e. The van der Waals surface area contributed by atoms with E-state index in [0.717, 1.165) is 133 Å². The van der Waals surface area contributed by atoms with Gasteiger partial charge < -0.3 is 41.1 Å². The number of aromatic amines is 2. The topological polar surface area (TPSA) is 269 Å². The Morgan fingerprint density at radius 1 is 0.658 bits per heavy atom. The number of nitrogens with zero attached hydrogens (tertiary/aromatic N) is 14. The minimum Gasteiger partial charge on any atom is -0.478 e. The second-order valence-electron chi connectivity index (χ2n) is 20.1. The van der Waals surface area contributed by atoms with Gasteiger partial charge in [0.2, 0.25) is 23.7 Å². The lowest BCUT2D eigenvalue weighted by molar-refractivity contribution is -0.123. The third kappa shape index (κ3) is 11.8. The molecular weight excluding hydrogens is 1000 g/mol. The van der Waals surface area contributed by atoms with E-state index in [0.29, 0.717) is 66.5 Å². The zero-order valence-electron chi connectivity index (χ0n) is 46.2. The Morgan fingerprint density at radius 2 is 1.16 bits per heavy atom. The molecule has 2 aliphatic rings. The number of β-amino-alcohol motifs (C(OH)–C–C–N with tert-alkyl or cyclic N) is 1. The predicted molar refractivity (Wildman–Crippen MR) is 305 cm³/mol. The second-order valence-corrected chi connectivity index (χ2v) is 20.1. The van der Waals surface area contributed by atoms with Gasteiger partial charge >= 0.3 is 0 Å². The van der Waals surface area contributed by atoms with Gasteiger partial charge in [0.05, 0.1) is 72.3 Å². The predicted octanol–water partition coefficient (Wildman–Crippen LogP) is 5.80. The summed E-state index contributed by atoms with van der Waals surface area (Å²) in [6.45, 7) is 21.2. The van der Waals surface area contributed by atoms with E-state index in [1.54, 1.807) is 25.7 Å². The van der Waals surface area contributed by atoms with Gasteiger partial charge in [0.15, 0.2) is 11.6 Å². The summed E-state index contributed by atoms with van der Waals surface area (Å²) in [6, 6.07) is 3.22. The van der Waals surface area contributed by atoms with Crippen molar-refractivity contribution in [1.82, 2.24) is 79.0 Å². The normalized spacial score (nSPS) is 15.6. The van der Waals surface area contributed by atoms with Crippen molar-refractivity contribution in [1.29, 1.82) is 0 Å². The molecule has 416 valence electrons. The molecule has 0 aliphatic carbocycles. The van der Waals surface area contributed by atoms with Crippen LogP contribution in [0.5, 0.6) is 5.88 Å². The smallest absolute Gasteiger partial charge is 0.256 e. The summed E-state index contributed by atoms with van der Waals surface area (Å²) in [7, 11) is 1.59. The number of amides is 2. The zero-order chi connectivity index (χ0) is 55.2. The molecule has 2 saturated heterocycles. The first-order chi connectivity index (χ1) is 38.5. The van der Waals surface area contributed by atoms with Crippen LogP contribution in [0.1, 0.15) is 57.4 Å². The Kier molecular flexibility index (Phi) is 16.8. The number of aromatic nitrogens is 12. The number of anilines is 6. The summed E-state index contributed by atoms with van der Waals surface area (Å²) in [5.74, 6) is 2.00. The SMILES string of the molecule is CCc1nn(CC)cc1Nc1ncc(C)c(-c2c[nH]c3c(NC(=O)C(CC)N4CCN(CCn5cc(Nc6ncc(C)c(-c7c[nH]c8c(NC(=O)C(CC)N9CCN(CCO)CC9)nccc78)n6)c(OC)n5)CC4)nccc23)n1. The molecule has 8 aromatic rings. The van der Waals surface area contributed by atoms with Gasteiger partial charge in [-0.05, 0) is 63.3 Å². The summed E-state index contributed by atoms with van der Waals surface area (Å²) >= 11 is 0. The Hall–Kier alpha value is -7.90. The fourth-order valence-electron chi connectivity index (χ4n) is 10.8. The maximum absolute atomic E-state index is 14.1. The number of rotatable bonds is 22. The number of aryl methyl sites for hydroxylation is 4. The van der Waals surface area contributed by atoms with E-state index in [1.165, 1.54) is 0 Å². The van der Waals surface area contributed by atoms with Crippen molar-refractivity contribution in [3.8, 4) is 28.4 Å². The number of hydrogen-bond donors (Lipinski definition) is 7. The molecule has 7 N–H and O–H groups in total. The molecule has 2 fully saturated rings. The number of carbonyl (C=O) groups excluding carboxylic acids is 2. The summed E-state index contributed by atoms with van der Waals surface area (Å²) in [5, 5.41) is 33.5. The number of piperazine rings is 2. The third-order valence-electron chi connectivity index (χ3n) is 15.2. The number of H-pyrrole nitrogens is 2. The minimum atomic E-state index is -0.335. The lowest BCUT2D eigenvalue weighted by Crippen LogP contribution is -2.54. The molecule has 0 aromatic carbocycles. The average Bonchev–Trinajstić information content (AvgIpc) is 4.37. The van der Waals surface area contributed by atoms with Crippen molar-refractivity contribution in [3.63, 3.8) is 0 Å². The first kappa shape index (κ1) is 54.5. The van der Waals surface area contributed by atoms with Crippen LogP contribution in [-0.2, 0) is 29.1 Å². The van der Waals surface area contributed by atoms with Crippen LogP contribution in [0.25, 0.3) is 44.3 Å². The molecule has 10 rings (SSSR count). The minimum absolute atomic E-state index is 0.0968. The first-order valence-electron chi connectivity index (χ1n) is 27.5. The lowest BCUT2D eigenvalue weighted by atomic mass is 10.1. The van der Waals surface area contributed by atoms with Crippen LogP contribution >= 0.6 is 0 Å². The maximum atomic E-state index is 14.1. The molecule has 24 heteroatoms. The van der Waals surface area contributed by atoms with E-state index >= 15 is 0 Å². The highest BCUT2D eigenvalue weighted by atomic mass is 16.5. The molecule has 2 aliphatic heterocycles. The molecule has 0 saturated carbocycles. The standard InChI is InChI=1S/C55H72N20O4/c1-8-40-41(32-74(11-4)68-40)62-54-60-28-34(5)45(64-54)38-30-58-47-36(38)12-14-56-49(47)66-51(77)43(9-2)72-21-16-70(17-22-72)20-25-75-33-42(53(69-75)79-7)63-55-61-29-35(6)46(65-55)39-31-59-48-37(39)13-15-57-50(48)67-52(78)44(10-3)73-23-18-71(19-24-73)26-27-76/h12-15,28-33,43-44,58-59,76H,8-11,16-27H2,1-7H3,(H,56,66,77)(H,57,67,78)(H,60,62,64)(H,61,63,65). The van der Waals surface area contributed by atoms with Crippen LogP contribution in [0.2, 0.25) is 0 Å². The quantitative estimate of drug-likeness (QED) is 0.0422. The van der Waals surface area contributed by atoms with Crippen LogP contribution in [-0.4, -0.2) is 187 Å². The Labute approximate surface area is 458 Å². The van der Waals surface area contributed by atoms with Gasteiger partial charge in [-0.1, -0.05) is 20.8 Å². The van der Waals surface area contributed by atoms with Crippen molar-refractivity contribution in [2.45, 2.75) is 86.0 Å². The van der Waals surface area contributed by atoms with Crippen molar-refractivity contribution in [3.05, 3.63) is 78.5 Å². The number of aliphatic hydroxyl groups excluding tert-OH is 1. The number of ether oxygens (including phenoxy) is 1. The van der Waals surface area contributed by atoms with Crippen LogP contribution in [0.4, 0.5) is 34.9 Å². The number of hydrogen-bond acceptors (Lipinski definition) is 18. The third-order valence-corrected chi connectivity index (χ3v) is 15.2. The first-order valence-corrected chi connectivity index (χ1v) is 27.5. The van der Waals surface area contributed by atoms with E-state index in [1.807, 2.05) is 80.2 Å². The van der Waals surface area contributed by atoms with Gasteiger partial charge in [-0.15, -0.1) is 5.10 Å². The average molecular weight is 1080 g/mol.